The molecule has 0 heterocycles. The number of hydrogen-bond acceptors (Lipinski definition) is 2. The van der Waals surface area contributed by atoms with Gasteiger partial charge in [-0.25, -0.2) is 0 Å². The Morgan fingerprint density at radius 3 is 1.46 bits per heavy atom. The van der Waals surface area contributed by atoms with Gasteiger partial charge in [-0.1, -0.05) is 47.5 Å². The molecule has 3 fully saturated rings. The molecule has 3 saturated carbocycles. The average molecular weight is 430 g/mol. The molecule has 26 heavy (non-hydrogen) atoms. The van der Waals surface area contributed by atoms with Crippen LogP contribution in [-0.2, 0) is 9.59 Å². The number of halogens is 4. The lowest BCUT2D eigenvalue weighted by atomic mass is 9.38. The molecule has 0 aromatic rings. The Balaban J connectivity index is 1.62. The van der Waals surface area contributed by atoms with Gasteiger partial charge in [0.2, 0.25) is 11.6 Å². The van der Waals surface area contributed by atoms with Crippen LogP contribution >= 0.6 is 46.4 Å². The van der Waals surface area contributed by atoms with Crippen LogP contribution in [0.4, 0.5) is 0 Å². The van der Waals surface area contributed by atoms with Crippen LogP contribution in [0.5, 0.6) is 0 Å². The quantitative estimate of drug-likeness (QED) is 0.318. The number of carbonyl (C=O) groups is 2. The van der Waals surface area contributed by atoms with Crippen molar-refractivity contribution in [1.29, 1.82) is 0 Å². The SMILES string of the molecule is O=C1C(=O)[C@@]2(Cl)C(Cl)=C(Cl)[C@]1(Cl)[C@@H]1[C@@H]3C=C[C@@H]([C@H]4[C@@H]3[C@H]3C=C[C@@H]4CC3)[C@@H]12. The fourth-order valence-corrected chi connectivity index (χ4v) is 9.08. The number of Topliss-reactive ketones (excluding diaryl/α,β-unsaturated/α-hetero) is 2. The third-order valence-corrected chi connectivity index (χ3v) is 10.6. The highest BCUT2D eigenvalue weighted by molar-refractivity contribution is 6.70. The van der Waals surface area contributed by atoms with E-state index in [4.69, 9.17) is 46.4 Å². The van der Waals surface area contributed by atoms with Crippen molar-refractivity contribution in [3.05, 3.63) is 34.4 Å². The van der Waals surface area contributed by atoms with E-state index in [-0.39, 0.29) is 33.7 Å². The van der Waals surface area contributed by atoms with Crippen LogP contribution in [0.3, 0.4) is 0 Å². The number of allylic oxidation sites excluding steroid dienone is 6. The highest BCUT2D eigenvalue weighted by Gasteiger charge is 2.78. The lowest BCUT2D eigenvalue weighted by molar-refractivity contribution is -0.155. The molecule has 0 aromatic heterocycles. The second kappa shape index (κ2) is 4.82. The second-order valence-corrected chi connectivity index (χ2v) is 10.7. The van der Waals surface area contributed by atoms with Gasteiger partial charge in [0, 0.05) is 11.8 Å². The Kier molecular flexibility index (Phi) is 3.09. The van der Waals surface area contributed by atoms with Crippen LogP contribution in [0.2, 0.25) is 0 Å². The molecule has 0 aliphatic heterocycles. The average Bonchev–Trinajstić information content (AvgIpc) is 2.69. The first-order valence-corrected chi connectivity index (χ1v) is 10.7. The molecule has 9 aliphatic rings. The maximum absolute atomic E-state index is 12.9. The van der Waals surface area contributed by atoms with Crippen molar-refractivity contribution in [3.8, 4) is 0 Å². The zero-order chi connectivity index (χ0) is 18.2. The van der Waals surface area contributed by atoms with E-state index in [1.54, 1.807) is 0 Å². The Hall–Kier alpha value is -0.280. The van der Waals surface area contributed by atoms with Gasteiger partial charge in [-0.2, -0.15) is 0 Å². The fraction of sp³-hybridized carbons (Fsp3) is 0.600. The minimum absolute atomic E-state index is 0.0655. The van der Waals surface area contributed by atoms with Gasteiger partial charge < -0.3 is 0 Å². The van der Waals surface area contributed by atoms with Gasteiger partial charge in [0.05, 0.1) is 10.1 Å². The van der Waals surface area contributed by atoms with E-state index in [1.807, 2.05) is 0 Å². The van der Waals surface area contributed by atoms with Crippen LogP contribution in [0.1, 0.15) is 12.8 Å². The normalized spacial score (nSPS) is 58.5. The van der Waals surface area contributed by atoms with E-state index in [0.29, 0.717) is 23.7 Å². The molecule has 10 atom stereocenters. The fourth-order valence-electron chi connectivity index (χ4n) is 7.34. The second-order valence-electron chi connectivity index (χ2n) is 8.75. The summed E-state index contributed by atoms with van der Waals surface area (Å²) in [6, 6.07) is 0. The topological polar surface area (TPSA) is 34.1 Å². The number of ketones is 2. The Bertz CT molecular complexity index is 807. The lowest BCUT2D eigenvalue weighted by Crippen LogP contribution is -2.75. The maximum atomic E-state index is 12.9. The van der Waals surface area contributed by atoms with E-state index in [0.717, 1.165) is 0 Å². The summed E-state index contributed by atoms with van der Waals surface area (Å²) in [7, 11) is 0. The summed E-state index contributed by atoms with van der Waals surface area (Å²) in [4.78, 5) is 22.8. The summed E-state index contributed by atoms with van der Waals surface area (Å²) in [5.74, 6) is 0.166. The first-order chi connectivity index (χ1) is 12.3. The van der Waals surface area contributed by atoms with E-state index in [1.165, 1.54) is 12.8 Å². The molecule has 0 saturated heterocycles. The molecule has 6 heteroatoms. The zero-order valence-electron chi connectivity index (χ0n) is 13.7. The maximum Gasteiger partial charge on any atom is 0.227 e. The number of hydrogen-bond donors (Lipinski definition) is 0. The van der Waals surface area contributed by atoms with E-state index < -0.39 is 21.3 Å². The van der Waals surface area contributed by atoms with Gasteiger partial charge in [-0.15, -0.1) is 23.2 Å². The van der Waals surface area contributed by atoms with Crippen molar-refractivity contribution in [2.75, 3.05) is 0 Å². The molecule has 9 rings (SSSR count). The van der Waals surface area contributed by atoms with Gasteiger partial charge in [0.1, 0.15) is 0 Å². The molecule has 0 amide bonds. The minimum atomic E-state index is -1.56. The molecule has 0 radical (unpaired) electrons. The largest absolute Gasteiger partial charge is 0.288 e. The third-order valence-electron chi connectivity index (χ3n) is 8.15. The van der Waals surface area contributed by atoms with Crippen molar-refractivity contribution < 1.29 is 9.59 Å². The highest BCUT2D eigenvalue weighted by atomic mass is 35.5. The van der Waals surface area contributed by atoms with Gasteiger partial charge in [0.15, 0.2) is 9.75 Å². The van der Waals surface area contributed by atoms with Crippen molar-refractivity contribution in [2.45, 2.75) is 22.6 Å². The van der Waals surface area contributed by atoms with Gasteiger partial charge in [-0.05, 0) is 48.3 Å². The van der Waals surface area contributed by atoms with E-state index >= 15 is 0 Å². The monoisotopic (exact) mass is 428 g/mol. The first-order valence-electron chi connectivity index (χ1n) is 9.22. The molecule has 136 valence electrons. The molecule has 0 unspecified atom stereocenters. The highest BCUT2D eigenvalue weighted by Crippen LogP contribution is 2.73. The summed E-state index contributed by atoms with van der Waals surface area (Å²) in [5, 5.41) is 0.131. The Labute approximate surface area is 171 Å². The first kappa shape index (κ1) is 16.7. The predicted octanol–water partition coefficient (Wildman–Crippen LogP) is 4.67. The molecule has 0 spiro atoms. The third kappa shape index (κ3) is 1.49. The minimum Gasteiger partial charge on any atom is -0.288 e. The summed E-state index contributed by atoms with van der Waals surface area (Å²) < 4.78 is 0. The Morgan fingerprint density at radius 1 is 0.731 bits per heavy atom. The van der Waals surface area contributed by atoms with Crippen molar-refractivity contribution in [3.63, 3.8) is 0 Å². The molecular weight excluding hydrogens is 414 g/mol. The van der Waals surface area contributed by atoms with Gasteiger partial charge >= 0.3 is 0 Å². The number of alkyl halides is 2. The lowest BCUT2D eigenvalue weighted by Gasteiger charge is -2.68. The molecule has 2 nitrogen and oxygen atoms in total. The van der Waals surface area contributed by atoms with Crippen LogP contribution in [0.25, 0.3) is 0 Å². The van der Waals surface area contributed by atoms with Crippen molar-refractivity contribution in [1.82, 2.24) is 0 Å². The number of rotatable bonds is 0. The van der Waals surface area contributed by atoms with Crippen LogP contribution < -0.4 is 0 Å². The smallest absolute Gasteiger partial charge is 0.227 e. The molecule has 0 aromatic carbocycles. The van der Waals surface area contributed by atoms with Crippen molar-refractivity contribution >= 4 is 58.0 Å². The molecule has 0 N–H and O–H groups in total. The number of fused-ring (bicyclic) bond motifs is 2. The zero-order valence-corrected chi connectivity index (χ0v) is 16.7. The van der Waals surface area contributed by atoms with E-state index in [2.05, 4.69) is 24.3 Å². The Morgan fingerprint density at radius 2 is 1.12 bits per heavy atom. The number of carbonyl (C=O) groups excluding carboxylic acids is 2. The van der Waals surface area contributed by atoms with Crippen LogP contribution in [0.15, 0.2) is 34.4 Å². The molecule has 6 bridgehead atoms. The van der Waals surface area contributed by atoms with Gasteiger partial charge in [-0.3, -0.25) is 9.59 Å². The summed E-state index contributed by atoms with van der Waals surface area (Å²) in [6.45, 7) is 0. The van der Waals surface area contributed by atoms with Crippen LogP contribution in [-0.4, -0.2) is 21.3 Å². The molecule has 9 aliphatic carbocycles. The standard InChI is InChI=1S/C20H16Cl4O2/c21-15-16(22)20(24)14-10-6-5-9(13(14)19(15,23)17(25)18(20)26)11-7-1-2-8(4-3-7)12(10)11/h1-2,5-14H,3-4H2/t7-,8+,9+,10-,11+,12-,13+,14-,19+,20-. The van der Waals surface area contributed by atoms with Crippen molar-refractivity contribution in [2.24, 2.45) is 47.3 Å². The van der Waals surface area contributed by atoms with Crippen LogP contribution in [0, 0.1) is 47.3 Å². The van der Waals surface area contributed by atoms with E-state index in [9.17, 15) is 9.59 Å². The summed E-state index contributed by atoms with van der Waals surface area (Å²) >= 11 is 26.8. The predicted molar refractivity (Wildman–Crippen MR) is 101 cm³/mol. The molecular formula is C20H16Cl4O2. The summed E-state index contributed by atoms with van der Waals surface area (Å²) in [6.07, 6.45) is 11.5. The van der Waals surface area contributed by atoms with Gasteiger partial charge in [0.25, 0.3) is 0 Å². The summed E-state index contributed by atoms with van der Waals surface area (Å²) in [5.41, 5.74) is 0.